The van der Waals surface area contributed by atoms with Gasteiger partial charge in [0.2, 0.25) is 0 Å². The predicted octanol–water partition coefficient (Wildman–Crippen LogP) is 4.64. The number of hydrogen-bond acceptors (Lipinski definition) is 1. The van der Waals surface area contributed by atoms with Crippen molar-refractivity contribution in [3.63, 3.8) is 0 Å². The third-order valence-corrected chi connectivity index (χ3v) is 5.75. The second kappa shape index (κ2) is 5.94. The summed E-state index contributed by atoms with van der Waals surface area (Å²) < 4.78 is 0. The van der Waals surface area contributed by atoms with E-state index in [2.05, 4.69) is 72.7 Å². The summed E-state index contributed by atoms with van der Waals surface area (Å²) in [6, 6.07) is 11.7. The Morgan fingerprint density at radius 1 is 1.19 bits per heavy atom. The van der Waals surface area contributed by atoms with Crippen LogP contribution in [0.15, 0.2) is 53.8 Å². The Morgan fingerprint density at radius 2 is 1.95 bits per heavy atom. The molecule has 2 aliphatic rings. The summed E-state index contributed by atoms with van der Waals surface area (Å²) in [5.74, 6) is 0.675. The van der Waals surface area contributed by atoms with Crippen LogP contribution in [0.4, 0.5) is 0 Å². The molecule has 0 unspecified atom stereocenters. The standard InChI is InChI=1S/C19H27NSi/c1-21(2,3)15-17-14-20(13-16-9-5-4-6-10-16)19-12-8-7-11-18(17)19/h4-7,9-11,15,18-19H,8,12-14H2,1-3H3/b17-15+/t18-,19-/m1/s1. The highest BCUT2D eigenvalue weighted by atomic mass is 28.3. The van der Waals surface area contributed by atoms with Gasteiger partial charge in [-0.2, -0.15) is 0 Å². The van der Waals surface area contributed by atoms with E-state index >= 15 is 0 Å². The van der Waals surface area contributed by atoms with Crippen molar-refractivity contribution in [2.75, 3.05) is 6.54 Å². The zero-order valence-electron chi connectivity index (χ0n) is 13.5. The van der Waals surface area contributed by atoms with Crippen LogP contribution in [0.1, 0.15) is 18.4 Å². The van der Waals surface area contributed by atoms with Gasteiger partial charge in [0, 0.05) is 25.0 Å². The van der Waals surface area contributed by atoms with Gasteiger partial charge >= 0.3 is 0 Å². The third-order valence-electron chi connectivity index (χ3n) is 4.52. The summed E-state index contributed by atoms with van der Waals surface area (Å²) in [6.07, 6.45) is 7.43. The minimum absolute atomic E-state index is 0.675. The van der Waals surface area contributed by atoms with Crippen molar-refractivity contribution in [3.05, 3.63) is 59.3 Å². The third kappa shape index (κ3) is 3.56. The van der Waals surface area contributed by atoms with E-state index < -0.39 is 8.07 Å². The first-order chi connectivity index (χ1) is 10.0. The molecule has 1 aromatic carbocycles. The van der Waals surface area contributed by atoms with Gasteiger partial charge in [0.1, 0.15) is 0 Å². The Morgan fingerprint density at radius 3 is 2.67 bits per heavy atom. The maximum absolute atomic E-state index is 2.70. The van der Waals surface area contributed by atoms with Gasteiger partial charge in [0.15, 0.2) is 0 Å². The molecule has 21 heavy (non-hydrogen) atoms. The highest BCUT2D eigenvalue weighted by Gasteiger charge is 2.37. The second-order valence-corrected chi connectivity index (χ2v) is 12.6. The van der Waals surface area contributed by atoms with E-state index in [0.717, 1.165) is 12.6 Å². The SMILES string of the molecule is C[Si](C)(C)/C=C1\CN(Cc2ccccc2)[C@@H]2CCC=C[C@H]12. The highest BCUT2D eigenvalue weighted by molar-refractivity contribution is 6.81. The molecule has 1 heterocycles. The molecule has 3 rings (SSSR count). The van der Waals surface area contributed by atoms with E-state index in [-0.39, 0.29) is 0 Å². The molecule has 0 amide bonds. The summed E-state index contributed by atoms with van der Waals surface area (Å²) in [5.41, 5.74) is 5.77. The molecule has 112 valence electrons. The van der Waals surface area contributed by atoms with Gasteiger partial charge < -0.3 is 0 Å². The lowest BCUT2D eigenvalue weighted by Crippen LogP contribution is -2.32. The molecule has 1 aliphatic heterocycles. The molecule has 1 fully saturated rings. The van der Waals surface area contributed by atoms with Gasteiger partial charge in [0.25, 0.3) is 0 Å². The Balaban J connectivity index is 1.83. The first-order valence-electron chi connectivity index (χ1n) is 8.19. The van der Waals surface area contributed by atoms with Crippen LogP contribution >= 0.6 is 0 Å². The van der Waals surface area contributed by atoms with E-state index in [0.29, 0.717) is 5.92 Å². The largest absolute Gasteiger partial charge is 0.291 e. The van der Waals surface area contributed by atoms with E-state index in [1.165, 1.54) is 24.9 Å². The predicted molar refractivity (Wildman–Crippen MR) is 93.9 cm³/mol. The van der Waals surface area contributed by atoms with E-state index in [1.54, 1.807) is 5.57 Å². The topological polar surface area (TPSA) is 3.24 Å². The molecule has 1 saturated heterocycles. The second-order valence-electron chi connectivity index (χ2n) is 7.57. The Kier molecular flexibility index (Phi) is 4.18. The number of hydrogen-bond donors (Lipinski definition) is 0. The molecule has 1 aliphatic carbocycles. The van der Waals surface area contributed by atoms with Gasteiger partial charge in [-0.1, -0.05) is 73.4 Å². The summed E-state index contributed by atoms with van der Waals surface area (Å²) in [4.78, 5) is 2.70. The van der Waals surface area contributed by atoms with Gasteiger partial charge in [-0.15, -0.1) is 0 Å². The molecule has 2 heteroatoms. The first kappa shape index (κ1) is 14.8. The lowest BCUT2D eigenvalue weighted by molar-refractivity contribution is 0.215. The average Bonchev–Trinajstić information content (AvgIpc) is 2.77. The monoisotopic (exact) mass is 297 g/mol. The minimum atomic E-state index is -1.14. The molecule has 0 spiro atoms. The zero-order chi connectivity index (χ0) is 14.9. The van der Waals surface area contributed by atoms with Crippen molar-refractivity contribution < 1.29 is 0 Å². The average molecular weight is 298 g/mol. The van der Waals surface area contributed by atoms with Crippen molar-refractivity contribution in [2.24, 2.45) is 5.92 Å². The lowest BCUT2D eigenvalue weighted by Gasteiger charge is -2.28. The smallest absolute Gasteiger partial charge is 0.0687 e. The van der Waals surface area contributed by atoms with Crippen LogP contribution in [0.5, 0.6) is 0 Å². The molecule has 0 bridgehead atoms. The van der Waals surface area contributed by atoms with Gasteiger partial charge in [-0.25, -0.2) is 0 Å². The summed E-state index contributed by atoms with van der Waals surface area (Å²) in [7, 11) is -1.14. The highest BCUT2D eigenvalue weighted by Crippen LogP contribution is 2.37. The number of rotatable bonds is 3. The quantitative estimate of drug-likeness (QED) is 0.580. The summed E-state index contributed by atoms with van der Waals surface area (Å²) in [6.45, 7) is 9.60. The number of benzene rings is 1. The molecular formula is C19H27NSi. The van der Waals surface area contributed by atoms with Crippen LogP contribution in [0.25, 0.3) is 0 Å². The number of likely N-dealkylation sites (tertiary alicyclic amines) is 1. The van der Waals surface area contributed by atoms with Crippen molar-refractivity contribution in [1.29, 1.82) is 0 Å². The molecule has 0 N–H and O–H groups in total. The van der Waals surface area contributed by atoms with E-state index in [4.69, 9.17) is 0 Å². The van der Waals surface area contributed by atoms with Crippen molar-refractivity contribution >= 4 is 8.07 Å². The fraction of sp³-hybridized carbons (Fsp3) is 0.474. The molecule has 1 nitrogen and oxygen atoms in total. The normalized spacial score (nSPS) is 28.0. The number of allylic oxidation sites excluding steroid dienone is 1. The Hall–Kier alpha value is -1.12. The van der Waals surface area contributed by atoms with Crippen LogP contribution in [-0.4, -0.2) is 25.6 Å². The van der Waals surface area contributed by atoms with Crippen LogP contribution < -0.4 is 0 Å². The van der Waals surface area contributed by atoms with Crippen molar-refractivity contribution in [1.82, 2.24) is 4.90 Å². The molecule has 0 saturated carbocycles. The van der Waals surface area contributed by atoms with Gasteiger partial charge in [-0.3, -0.25) is 4.90 Å². The van der Waals surface area contributed by atoms with Crippen LogP contribution in [-0.2, 0) is 6.54 Å². The van der Waals surface area contributed by atoms with E-state index in [1.807, 2.05) is 0 Å². The molecule has 2 atom stereocenters. The molecule has 1 aromatic rings. The Bertz CT molecular complexity index is 538. The maximum atomic E-state index is 2.70. The van der Waals surface area contributed by atoms with Gasteiger partial charge in [0.05, 0.1) is 8.07 Å². The molecule has 0 radical (unpaired) electrons. The molecule has 0 aromatic heterocycles. The van der Waals surface area contributed by atoms with Crippen molar-refractivity contribution in [3.8, 4) is 0 Å². The fourth-order valence-corrected chi connectivity index (χ4v) is 5.14. The summed E-state index contributed by atoms with van der Waals surface area (Å²) >= 11 is 0. The number of nitrogens with zero attached hydrogens (tertiary/aromatic N) is 1. The Labute approximate surface area is 130 Å². The zero-order valence-corrected chi connectivity index (χ0v) is 14.5. The first-order valence-corrected chi connectivity index (χ1v) is 11.8. The van der Waals surface area contributed by atoms with Crippen LogP contribution in [0, 0.1) is 5.92 Å². The maximum Gasteiger partial charge on any atom is 0.0687 e. The number of fused-ring (bicyclic) bond motifs is 1. The summed E-state index contributed by atoms with van der Waals surface area (Å²) in [5, 5.41) is 0. The van der Waals surface area contributed by atoms with Crippen molar-refractivity contribution in [2.45, 2.75) is 45.1 Å². The van der Waals surface area contributed by atoms with Gasteiger partial charge in [-0.05, 0) is 18.4 Å². The van der Waals surface area contributed by atoms with E-state index in [9.17, 15) is 0 Å². The fourth-order valence-electron chi connectivity index (χ4n) is 3.74. The lowest BCUT2D eigenvalue weighted by atomic mass is 9.88. The van der Waals surface area contributed by atoms with Crippen LogP contribution in [0.3, 0.4) is 0 Å². The molecular weight excluding hydrogens is 270 g/mol. The minimum Gasteiger partial charge on any atom is -0.291 e. The van der Waals surface area contributed by atoms with Crippen LogP contribution in [0.2, 0.25) is 19.6 Å².